The highest BCUT2D eigenvalue weighted by atomic mass is 79.9. The monoisotopic (exact) mass is 389 g/mol. The maximum absolute atomic E-state index is 13.4. The van der Waals surface area contributed by atoms with E-state index in [1.54, 1.807) is 18.3 Å². The van der Waals surface area contributed by atoms with Crippen LogP contribution in [0.15, 0.2) is 59.0 Å². The fourth-order valence-electron chi connectivity index (χ4n) is 2.01. The van der Waals surface area contributed by atoms with Gasteiger partial charge in [0.05, 0.1) is 11.9 Å². The number of rotatable bonds is 5. The molecule has 0 fully saturated rings. The molecule has 3 aromatic rings. The average molecular weight is 390 g/mol. The minimum atomic E-state index is -0.223. The zero-order chi connectivity index (χ0) is 16.1. The molecule has 0 aliphatic carbocycles. The van der Waals surface area contributed by atoms with E-state index in [0.29, 0.717) is 16.0 Å². The van der Waals surface area contributed by atoms with Crippen molar-refractivity contribution in [3.63, 3.8) is 0 Å². The van der Waals surface area contributed by atoms with Crippen molar-refractivity contribution in [1.82, 2.24) is 4.98 Å². The van der Waals surface area contributed by atoms with Gasteiger partial charge in [0.1, 0.15) is 5.82 Å². The molecule has 23 heavy (non-hydrogen) atoms. The van der Waals surface area contributed by atoms with E-state index < -0.39 is 0 Å². The van der Waals surface area contributed by atoms with E-state index in [1.165, 1.54) is 17.4 Å². The number of hydrogen-bond donors (Lipinski definition) is 1. The summed E-state index contributed by atoms with van der Waals surface area (Å²) in [5, 5.41) is 7.32. The minimum absolute atomic E-state index is 0.223. The summed E-state index contributed by atoms with van der Waals surface area (Å²) >= 11 is 4.75. The highest BCUT2D eigenvalue weighted by Gasteiger charge is 2.03. The van der Waals surface area contributed by atoms with Gasteiger partial charge >= 0.3 is 0 Å². The lowest BCUT2D eigenvalue weighted by molar-refractivity contribution is 0.617. The Kier molecular flexibility index (Phi) is 5.15. The van der Waals surface area contributed by atoms with E-state index in [2.05, 4.69) is 31.4 Å². The highest BCUT2D eigenvalue weighted by molar-refractivity contribution is 9.08. The van der Waals surface area contributed by atoms with E-state index in [4.69, 9.17) is 0 Å². The molecule has 0 unspecified atom stereocenters. The van der Waals surface area contributed by atoms with Gasteiger partial charge in [-0.2, -0.15) is 5.10 Å². The lowest BCUT2D eigenvalue weighted by Crippen LogP contribution is -1.93. The van der Waals surface area contributed by atoms with Crippen molar-refractivity contribution in [3.05, 3.63) is 70.9 Å². The van der Waals surface area contributed by atoms with Crippen LogP contribution in [0.2, 0.25) is 0 Å². The van der Waals surface area contributed by atoms with Crippen molar-refractivity contribution in [2.24, 2.45) is 5.10 Å². The second kappa shape index (κ2) is 7.48. The number of nitrogens with one attached hydrogen (secondary N) is 1. The summed E-state index contributed by atoms with van der Waals surface area (Å²) in [6, 6.07) is 14.9. The number of thiazole rings is 1. The van der Waals surface area contributed by atoms with Crippen LogP contribution in [0.5, 0.6) is 0 Å². The molecule has 0 spiro atoms. The quantitative estimate of drug-likeness (QED) is 0.365. The Morgan fingerprint density at radius 2 is 2.04 bits per heavy atom. The van der Waals surface area contributed by atoms with E-state index in [-0.39, 0.29) is 5.82 Å². The predicted octanol–water partition coefficient (Wildman–Crippen LogP) is 5.29. The smallest absolute Gasteiger partial charge is 0.203 e. The fourth-order valence-corrected chi connectivity index (χ4v) is 3.10. The first-order chi connectivity index (χ1) is 11.3. The molecular weight excluding hydrogens is 377 g/mol. The van der Waals surface area contributed by atoms with Gasteiger partial charge in [0.2, 0.25) is 5.13 Å². The largest absolute Gasteiger partial charge is 0.253 e. The molecule has 0 saturated carbocycles. The van der Waals surface area contributed by atoms with Crippen LogP contribution in [-0.4, -0.2) is 11.2 Å². The Labute approximate surface area is 146 Å². The molecule has 2 aromatic carbocycles. The van der Waals surface area contributed by atoms with Crippen molar-refractivity contribution in [1.29, 1.82) is 0 Å². The number of halogens is 2. The van der Waals surface area contributed by atoms with Gasteiger partial charge < -0.3 is 0 Å². The maximum Gasteiger partial charge on any atom is 0.203 e. The van der Waals surface area contributed by atoms with Crippen LogP contribution in [0, 0.1) is 5.82 Å². The first-order valence-corrected chi connectivity index (χ1v) is 8.91. The van der Waals surface area contributed by atoms with Crippen molar-refractivity contribution >= 4 is 38.6 Å². The van der Waals surface area contributed by atoms with Crippen molar-refractivity contribution < 1.29 is 4.39 Å². The van der Waals surface area contributed by atoms with Crippen LogP contribution in [0.25, 0.3) is 11.3 Å². The molecule has 116 valence electrons. The van der Waals surface area contributed by atoms with Crippen LogP contribution in [0.3, 0.4) is 0 Å². The molecule has 0 aliphatic rings. The van der Waals surface area contributed by atoms with E-state index in [0.717, 1.165) is 16.8 Å². The van der Waals surface area contributed by atoms with Gasteiger partial charge in [0, 0.05) is 16.3 Å². The molecule has 0 atom stereocenters. The van der Waals surface area contributed by atoms with Gasteiger partial charge in [-0.05, 0) is 23.3 Å². The lowest BCUT2D eigenvalue weighted by atomic mass is 10.1. The Morgan fingerprint density at radius 1 is 1.22 bits per heavy atom. The van der Waals surface area contributed by atoms with E-state index in [9.17, 15) is 4.39 Å². The summed E-state index contributed by atoms with van der Waals surface area (Å²) < 4.78 is 13.4. The molecular formula is C17H13BrFN3S. The third kappa shape index (κ3) is 4.03. The van der Waals surface area contributed by atoms with Gasteiger partial charge in [-0.1, -0.05) is 52.3 Å². The van der Waals surface area contributed by atoms with Crippen LogP contribution in [0.4, 0.5) is 9.52 Å². The molecule has 6 heteroatoms. The lowest BCUT2D eigenvalue weighted by Gasteiger charge is -2.00. The van der Waals surface area contributed by atoms with Gasteiger partial charge in [-0.25, -0.2) is 9.37 Å². The zero-order valence-electron chi connectivity index (χ0n) is 12.0. The maximum atomic E-state index is 13.4. The predicted molar refractivity (Wildman–Crippen MR) is 97.8 cm³/mol. The summed E-state index contributed by atoms with van der Waals surface area (Å²) in [6.07, 6.45) is 1.65. The number of benzene rings is 2. The first-order valence-electron chi connectivity index (χ1n) is 6.90. The van der Waals surface area contributed by atoms with Crippen LogP contribution in [-0.2, 0) is 5.33 Å². The molecule has 1 aromatic heterocycles. The minimum Gasteiger partial charge on any atom is -0.253 e. The highest BCUT2D eigenvalue weighted by Crippen LogP contribution is 2.24. The number of nitrogens with zero attached hydrogens (tertiary/aromatic N) is 2. The molecule has 3 nitrogen and oxygen atoms in total. The fraction of sp³-hybridized carbons (Fsp3) is 0.0588. The Bertz CT molecular complexity index is 818. The molecule has 3 rings (SSSR count). The average Bonchev–Trinajstić information content (AvgIpc) is 3.06. The first kappa shape index (κ1) is 15.8. The molecule has 0 bridgehead atoms. The Morgan fingerprint density at radius 3 is 2.83 bits per heavy atom. The van der Waals surface area contributed by atoms with E-state index in [1.807, 2.05) is 35.7 Å². The third-order valence-electron chi connectivity index (χ3n) is 3.16. The van der Waals surface area contributed by atoms with Gasteiger partial charge in [0.25, 0.3) is 0 Å². The SMILES string of the molecule is Fc1ccc(C=NNc2nc(-c3ccccc3)cs2)cc1CBr. The van der Waals surface area contributed by atoms with Gasteiger partial charge in [-0.15, -0.1) is 11.3 Å². The Balaban J connectivity index is 1.68. The van der Waals surface area contributed by atoms with Crippen molar-refractivity contribution in [2.75, 3.05) is 5.43 Å². The number of hydrogen-bond acceptors (Lipinski definition) is 4. The molecule has 1 heterocycles. The molecule has 0 amide bonds. The van der Waals surface area contributed by atoms with Crippen molar-refractivity contribution in [2.45, 2.75) is 5.33 Å². The van der Waals surface area contributed by atoms with Crippen LogP contribution >= 0.6 is 27.3 Å². The summed E-state index contributed by atoms with van der Waals surface area (Å²) in [6.45, 7) is 0. The molecule has 0 aliphatic heterocycles. The van der Waals surface area contributed by atoms with Gasteiger partial charge in [-0.3, -0.25) is 5.43 Å². The number of hydrazone groups is 1. The normalized spacial score (nSPS) is 11.0. The number of aromatic nitrogens is 1. The summed E-state index contributed by atoms with van der Waals surface area (Å²) in [4.78, 5) is 4.49. The van der Waals surface area contributed by atoms with Crippen LogP contribution in [0.1, 0.15) is 11.1 Å². The second-order valence-corrected chi connectivity index (χ2v) is 6.18. The van der Waals surface area contributed by atoms with Crippen LogP contribution < -0.4 is 5.43 Å². The second-order valence-electron chi connectivity index (χ2n) is 4.76. The van der Waals surface area contributed by atoms with Gasteiger partial charge in [0.15, 0.2) is 0 Å². The standard InChI is InChI=1S/C17H13BrFN3S/c18-9-14-8-12(6-7-15(14)19)10-20-22-17-21-16(11-23-17)13-4-2-1-3-5-13/h1-8,10-11H,9H2,(H,21,22). The van der Waals surface area contributed by atoms with E-state index >= 15 is 0 Å². The summed E-state index contributed by atoms with van der Waals surface area (Å²) in [7, 11) is 0. The zero-order valence-corrected chi connectivity index (χ0v) is 14.4. The topological polar surface area (TPSA) is 37.3 Å². The number of anilines is 1. The Hall–Kier alpha value is -2.05. The summed E-state index contributed by atoms with van der Waals surface area (Å²) in [5.74, 6) is -0.223. The molecule has 0 saturated heterocycles. The van der Waals surface area contributed by atoms with Crippen molar-refractivity contribution in [3.8, 4) is 11.3 Å². The summed E-state index contributed by atoms with van der Waals surface area (Å²) in [5.41, 5.74) is 6.32. The molecule has 1 N–H and O–H groups in total. The number of alkyl halides is 1. The molecule has 0 radical (unpaired) electrons. The third-order valence-corrected chi connectivity index (χ3v) is 4.51.